The van der Waals surface area contributed by atoms with Crippen molar-refractivity contribution in [2.45, 2.75) is 38.0 Å². The molecule has 2 fully saturated rings. The number of nitrogens with one attached hydrogen (secondary N) is 1. The third-order valence-electron chi connectivity index (χ3n) is 4.45. The van der Waals surface area contributed by atoms with Crippen molar-refractivity contribution in [3.05, 3.63) is 41.5 Å². The first kappa shape index (κ1) is 13.4. The Morgan fingerprint density at radius 2 is 1.91 bits per heavy atom. The minimum atomic E-state index is 0.0214. The van der Waals surface area contributed by atoms with Crippen LogP contribution in [0.3, 0.4) is 0 Å². The zero-order valence-electron chi connectivity index (χ0n) is 12.6. The minimum Gasteiger partial charge on any atom is -0.346 e. The van der Waals surface area contributed by atoms with E-state index in [4.69, 9.17) is 0 Å². The van der Waals surface area contributed by atoms with Crippen LogP contribution in [0.4, 0.5) is 0 Å². The van der Waals surface area contributed by atoms with Crippen molar-refractivity contribution in [2.24, 2.45) is 0 Å². The summed E-state index contributed by atoms with van der Waals surface area (Å²) in [5.74, 6) is 2.69. The maximum atomic E-state index is 12.5. The molecule has 1 amide bonds. The number of imidazole rings is 1. The van der Waals surface area contributed by atoms with Gasteiger partial charge in [-0.15, -0.1) is 0 Å². The second kappa shape index (κ2) is 5.19. The molecule has 6 heteroatoms. The van der Waals surface area contributed by atoms with Crippen molar-refractivity contribution in [1.82, 2.24) is 24.8 Å². The molecule has 4 rings (SSSR count). The molecule has 114 valence electrons. The third kappa shape index (κ3) is 2.49. The van der Waals surface area contributed by atoms with Gasteiger partial charge >= 0.3 is 0 Å². The molecule has 2 aromatic heterocycles. The van der Waals surface area contributed by atoms with Crippen LogP contribution in [0.25, 0.3) is 0 Å². The van der Waals surface area contributed by atoms with E-state index < -0.39 is 0 Å². The summed E-state index contributed by atoms with van der Waals surface area (Å²) in [4.78, 5) is 30.7. The summed E-state index contributed by atoms with van der Waals surface area (Å²) in [7, 11) is 0. The molecule has 0 aromatic carbocycles. The highest BCUT2D eigenvalue weighted by Gasteiger charge is 2.30. The summed E-state index contributed by atoms with van der Waals surface area (Å²) in [6, 6.07) is 0. The van der Waals surface area contributed by atoms with Crippen molar-refractivity contribution >= 4 is 5.91 Å². The molecule has 1 aliphatic carbocycles. The zero-order chi connectivity index (χ0) is 15.1. The van der Waals surface area contributed by atoms with Gasteiger partial charge < -0.3 is 9.88 Å². The molecular formula is C16H19N5O. The topological polar surface area (TPSA) is 74.8 Å². The Morgan fingerprint density at radius 3 is 2.55 bits per heavy atom. The molecule has 1 aliphatic heterocycles. The number of carbonyl (C=O) groups is 1. The van der Waals surface area contributed by atoms with Crippen molar-refractivity contribution in [3.8, 4) is 0 Å². The molecule has 22 heavy (non-hydrogen) atoms. The summed E-state index contributed by atoms with van der Waals surface area (Å²) in [6.45, 7) is 3.46. The number of rotatable bonds is 3. The first-order valence-corrected chi connectivity index (χ1v) is 7.83. The molecule has 0 radical (unpaired) electrons. The third-order valence-corrected chi connectivity index (χ3v) is 4.45. The second-order valence-electron chi connectivity index (χ2n) is 6.29. The Kier molecular flexibility index (Phi) is 3.17. The fourth-order valence-electron chi connectivity index (χ4n) is 2.99. The van der Waals surface area contributed by atoms with Crippen LogP contribution in [0.5, 0.6) is 0 Å². The van der Waals surface area contributed by atoms with Crippen molar-refractivity contribution < 1.29 is 4.79 Å². The van der Waals surface area contributed by atoms with Crippen molar-refractivity contribution in [3.63, 3.8) is 0 Å². The molecule has 3 heterocycles. The lowest BCUT2D eigenvalue weighted by molar-refractivity contribution is 0.0789. The number of carbonyl (C=O) groups excluding carboxylic acids is 1. The quantitative estimate of drug-likeness (QED) is 0.940. The van der Waals surface area contributed by atoms with Gasteiger partial charge in [-0.3, -0.25) is 4.79 Å². The number of amides is 1. The van der Waals surface area contributed by atoms with E-state index in [1.54, 1.807) is 12.4 Å². The first-order chi connectivity index (χ1) is 10.7. The predicted molar refractivity (Wildman–Crippen MR) is 80.6 cm³/mol. The zero-order valence-corrected chi connectivity index (χ0v) is 12.6. The monoisotopic (exact) mass is 297 g/mol. The highest BCUT2D eigenvalue weighted by Crippen LogP contribution is 2.37. The largest absolute Gasteiger partial charge is 0.346 e. The van der Waals surface area contributed by atoms with Gasteiger partial charge in [0.15, 0.2) is 0 Å². The Balaban J connectivity index is 1.44. The average molecular weight is 297 g/mol. The van der Waals surface area contributed by atoms with Gasteiger partial charge in [-0.2, -0.15) is 0 Å². The SMILES string of the molecule is Cc1cnc([C@H]2CCN(C(=O)c3cnc(C4CC4)nc3)C2)[nH]1. The summed E-state index contributed by atoms with van der Waals surface area (Å²) in [6.07, 6.45) is 8.47. The van der Waals surface area contributed by atoms with Crippen LogP contribution in [0, 0.1) is 6.92 Å². The Bertz CT molecular complexity index is 689. The smallest absolute Gasteiger partial charge is 0.257 e. The van der Waals surface area contributed by atoms with E-state index in [0.717, 1.165) is 30.3 Å². The van der Waals surface area contributed by atoms with Crippen LogP contribution >= 0.6 is 0 Å². The van der Waals surface area contributed by atoms with Crippen LogP contribution in [-0.2, 0) is 0 Å². The van der Waals surface area contributed by atoms with Crippen LogP contribution in [0.15, 0.2) is 18.6 Å². The summed E-state index contributed by atoms with van der Waals surface area (Å²) >= 11 is 0. The average Bonchev–Trinajstić information content (AvgIpc) is 3.11. The van der Waals surface area contributed by atoms with Gasteiger partial charge in [0.05, 0.1) is 5.56 Å². The van der Waals surface area contributed by atoms with Gasteiger partial charge in [-0.05, 0) is 26.2 Å². The number of aryl methyl sites for hydroxylation is 1. The van der Waals surface area contributed by atoms with Crippen LogP contribution in [0.1, 0.15) is 58.8 Å². The summed E-state index contributed by atoms with van der Waals surface area (Å²) < 4.78 is 0. The van der Waals surface area contributed by atoms with Crippen molar-refractivity contribution in [2.75, 3.05) is 13.1 Å². The van der Waals surface area contributed by atoms with Gasteiger partial charge in [0.25, 0.3) is 5.91 Å². The molecule has 2 aliphatic rings. The molecule has 0 spiro atoms. The van der Waals surface area contributed by atoms with Crippen LogP contribution < -0.4 is 0 Å². The lowest BCUT2D eigenvalue weighted by atomic mass is 10.1. The maximum absolute atomic E-state index is 12.5. The molecule has 0 bridgehead atoms. The molecule has 1 saturated carbocycles. The number of aromatic nitrogens is 4. The van der Waals surface area contributed by atoms with Gasteiger partial charge in [0.1, 0.15) is 11.6 Å². The standard InChI is InChI=1S/C16H19N5O/c1-10-6-17-15(20-10)12-4-5-21(9-12)16(22)13-7-18-14(19-8-13)11-2-3-11/h6-8,11-12H,2-5,9H2,1H3,(H,17,20)/t12-/m0/s1. The van der Waals surface area contributed by atoms with E-state index >= 15 is 0 Å². The van der Waals surface area contributed by atoms with E-state index in [0.29, 0.717) is 23.9 Å². The van der Waals surface area contributed by atoms with E-state index in [-0.39, 0.29) is 5.91 Å². The fourth-order valence-corrected chi connectivity index (χ4v) is 2.99. The first-order valence-electron chi connectivity index (χ1n) is 7.83. The van der Waals surface area contributed by atoms with Gasteiger partial charge in [0.2, 0.25) is 0 Å². The van der Waals surface area contributed by atoms with Crippen molar-refractivity contribution in [1.29, 1.82) is 0 Å². The number of hydrogen-bond acceptors (Lipinski definition) is 4. The highest BCUT2D eigenvalue weighted by molar-refractivity contribution is 5.93. The van der Waals surface area contributed by atoms with Gasteiger partial charge in [0, 0.05) is 49.2 Å². The number of aromatic amines is 1. The fraction of sp³-hybridized carbons (Fsp3) is 0.500. The van der Waals surface area contributed by atoms with E-state index in [9.17, 15) is 4.79 Å². The Labute approximate surface area is 129 Å². The Hall–Kier alpha value is -2.24. The normalized spacial score (nSPS) is 21.3. The Morgan fingerprint density at radius 1 is 1.14 bits per heavy atom. The van der Waals surface area contributed by atoms with Crippen LogP contribution in [-0.4, -0.2) is 43.8 Å². The molecule has 1 atom stereocenters. The second-order valence-corrected chi connectivity index (χ2v) is 6.29. The molecular weight excluding hydrogens is 278 g/mol. The van der Waals surface area contributed by atoms with E-state index in [1.807, 2.05) is 18.0 Å². The number of hydrogen-bond donors (Lipinski definition) is 1. The molecule has 0 unspecified atom stereocenters. The van der Waals surface area contributed by atoms with Gasteiger partial charge in [-0.1, -0.05) is 0 Å². The molecule has 6 nitrogen and oxygen atoms in total. The minimum absolute atomic E-state index is 0.0214. The summed E-state index contributed by atoms with van der Waals surface area (Å²) in [5.41, 5.74) is 1.64. The number of H-pyrrole nitrogens is 1. The molecule has 2 aromatic rings. The highest BCUT2D eigenvalue weighted by atomic mass is 16.2. The lowest BCUT2D eigenvalue weighted by Crippen LogP contribution is -2.28. The molecule has 1 saturated heterocycles. The lowest BCUT2D eigenvalue weighted by Gasteiger charge is -2.15. The number of likely N-dealkylation sites (tertiary alicyclic amines) is 1. The van der Waals surface area contributed by atoms with Gasteiger partial charge in [-0.25, -0.2) is 15.0 Å². The maximum Gasteiger partial charge on any atom is 0.257 e. The van der Waals surface area contributed by atoms with Crippen LogP contribution in [0.2, 0.25) is 0 Å². The number of nitrogens with zero attached hydrogens (tertiary/aromatic N) is 4. The van der Waals surface area contributed by atoms with E-state index in [2.05, 4.69) is 19.9 Å². The summed E-state index contributed by atoms with van der Waals surface area (Å²) in [5, 5.41) is 0. The predicted octanol–water partition coefficient (Wildman–Crippen LogP) is 2.02. The molecule has 1 N–H and O–H groups in total. The van der Waals surface area contributed by atoms with E-state index in [1.165, 1.54) is 12.8 Å².